The maximum Gasteiger partial charge on any atom is 0.270 e. The summed E-state index contributed by atoms with van der Waals surface area (Å²) in [6.07, 6.45) is 3.00. The smallest absolute Gasteiger partial charge is 0.270 e. The van der Waals surface area contributed by atoms with Gasteiger partial charge in [0.05, 0.1) is 35.8 Å². The normalized spacial score (nSPS) is 15.2. The number of ether oxygens (including phenoxy) is 1. The van der Waals surface area contributed by atoms with Crippen LogP contribution in [-0.4, -0.2) is 53.5 Å². The number of hydrogen-bond acceptors (Lipinski definition) is 6. The second-order valence-corrected chi connectivity index (χ2v) is 8.51. The van der Waals surface area contributed by atoms with E-state index in [0.29, 0.717) is 11.3 Å². The van der Waals surface area contributed by atoms with Crippen LogP contribution in [0.1, 0.15) is 0 Å². The first-order chi connectivity index (χ1) is 14.4. The van der Waals surface area contributed by atoms with Gasteiger partial charge in [-0.3, -0.25) is 10.1 Å². The van der Waals surface area contributed by atoms with Crippen molar-refractivity contribution in [1.82, 2.24) is 13.9 Å². The van der Waals surface area contributed by atoms with E-state index in [1.54, 1.807) is 18.3 Å². The summed E-state index contributed by atoms with van der Waals surface area (Å²) >= 11 is 0. The van der Waals surface area contributed by atoms with E-state index < -0.39 is 14.9 Å². The molecule has 1 saturated heterocycles. The number of rotatable bonds is 5. The molecule has 0 bridgehead atoms. The minimum Gasteiger partial charge on any atom is -0.379 e. The standard InChI is InChI=1S/C19H17FN4O5S/c20-15-3-1-14(2-4-15)17-12-22(13-21-17)18-6-5-16(24(25)26)11-19(18)30(27,28)23-7-9-29-10-8-23/h1-6,11-13H,7-10H2. The lowest BCUT2D eigenvalue weighted by molar-refractivity contribution is -0.385. The van der Waals surface area contributed by atoms with Crippen molar-refractivity contribution in [3.63, 3.8) is 0 Å². The van der Waals surface area contributed by atoms with Crippen LogP contribution in [0.25, 0.3) is 16.9 Å². The largest absolute Gasteiger partial charge is 0.379 e. The van der Waals surface area contributed by atoms with E-state index in [-0.39, 0.29) is 48.4 Å². The Hall–Kier alpha value is -3.15. The van der Waals surface area contributed by atoms with Crippen LogP contribution in [0.3, 0.4) is 0 Å². The Kier molecular flexibility index (Phi) is 5.33. The van der Waals surface area contributed by atoms with Gasteiger partial charge >= 0.3 is 0 Å². The van der Waals surface area contributed by atoms with Crippen LogP contribution in [-0.2, 0) is 14.8 Å². The van der Waals surface area contributed by atoms with Gasteiger partial charge in [0.2, 0.25) is 10.0 Å². The Morgan fingerprint density at radius 1 is 1.10 bits per heavy atom. The number of imidazole rings is 1. The van der Waals surface area contributed by atoms with Gasteiger partial charge in [0, 0.05) is 37.0 Å². The highest BCUT2D eigenvalue weighted by atomic mass is 32.2. The number of morpholine rings is 1. The van der Waals surface area contributed by atoms with Crippen LogP contribution in [0, 0.1) is 15.9 Å². The Balaban J connectivity index is 1.80. The topological polar surface area (TPSA) is 108 Å². The number of non-ortho nitro benzene ring substituents is 1. The Morgan fingerprint density at radius 2 is 1.80 bits per heavy atom. The molecule has 1 aromatic heterocycles. The van der Waals surface area contributed by atoms with Crippen LogP contribution in [0.5, 0.6) is 0 Å². The van der Waals surface area contributed by atoms with Crippen LogP contribution in [0.2, 0.25) is 0 Å². The predicted octanol–water partition coefficient (Wildman–Crippen LogP) is 2.61. The van der Waals surface area contributed by atoms with E-state index >= 15 is 0 Å². The minimum atomic E-state index is -4.01. The van der Waals surface area contributed by atoms with Crippen molar-refractivity contribution in [1.29, 1.82) is 0 Å². The maximum absolute atomic E-state index is 13.2. The molecule has 2 aromatic carbocycles. The highest BCUT2D eigenvalue weighted by molar-refractivity contribution is 7.89. The number of nitro groups is 1. The fourth-order valence-corrected chi connectivity index (χ4v) is 4.80. The lowest BCUT2D eigenvalue weighted by Gasteiger charge is -2.26. The Labute approximate surface area is 171 Å². The molecule has 0 amide bonds. The summed E-state index contributed by atoms with van der Waals surface area (Å²) in [7, 11) is -4.01. The third-order valence-corrected chi connectivity index (χ3v) is 6.67. The number of nitro benzene ring substituents is 1. The molecule has 1 aliphatic heterocycles. The fraction of sp³-hybridized carbons (Fsp3) is 0.211. The minimum absolute atomic E-state index is 0.162. The van der Waals surface area contributed by atoms with Crippen LogP contribution in [0.4, 0.5) is 10.1 Å². The van der Waals surface area contributed by atoms with Crippen LogP contribution >= 0.6 is 0 Å². The second kappa shape index (κ2) is 7.94. The molecular formula is C19H17FN4O5S. The Bertz CT molecular complexity index is 1190. The van der Waals surface area contributed by atoms with E-state index in [1.165, 1.54) is 39.5 Å². The summed E-state index contributed by atoms with van der Waals surface area (Å²) in [5, 5.41) is 11.2. The summed E-state index contributed by atoms with van der Waals surface area (Å²) in [6.45, 7) is 0.830. The summed E-state index contributed by atoms with van der Waals surface area (Å²) < 4.78 is 47.6. The summed E-state index contributed by atoms with van der Waals surface area (Å²) in [5.74, 6) is -0.382. The van der Waals surface area contributed by atoms with E-state index in [9.17, 15) is 22.9 Å². The van der Waals surface area contributed by atoms with Gasteiger partial charge in [0.25, 0.3) is 5.69 Å². The Morgan fingerprint density at radius 3 is 2.47 bits per heavy atom. The van der Waals surface area contributed by atoms with E-state index in [0.717, 1.165) is 6.07 Å². The lowest BCUT2D eigenvalue weighted by Crippen LogP contribution is -2.40. The van der Waals surface area contributed by atoms with Gasteiger partial charge < -0.3 is 9.30 Å². The summed E-state index contributed by atoms with van der Waals surface area (Å²) in [6, 6.07) is 9.39. The quantitative estimate of drug-likeness (QED) is 0.453. The molecule has 0 N–H and O–H groups in total. The molecule has 1 aliphatic rings. The molecule has 9 nitrogen and oxygen atoms in total. The van der Waals surface area contributed by atoms with Gasteiger partial charge in [-0.15, -0.1) is 0 Å². The zero-order chi connectivity index (χ0) is 21.3. The molecule has 0 saturated carbocycles. The average Bonchev–Trinajstić information content (AvgIpc) is 3.24. The molecule has 1 fully saturated rings. The van der Waals surface area contributed by atoms with E-state index in [2.05, 4.69) is 4.98 Å². The van der Waals surface area contributed by atoms with Gasteiger partial charge in [-0.1, -0.05) is 0 Å². The maximum atomic E-state index is 13.2. The highest BCUT2D eigenvalue weighted by Gasteiger charge is 2.31. The van der Waals surface area contributed by atoms with Crippen molar-refractivity contribution in [3.05, 3.63) is 70.9 Å². The molecule has 30 heavy (non-hydrogen) atoms. The fourth-order valence-electron chi connectivity index (χ4n) is 3.19. The van der Waals surface area contributed by atoms with Gasteiger partial charge in [-0.25, -0.2) is 17.8 Å². The number of hydrogen-bond donors (Lipinski definition) is 0. The van der Waals surface area contributed by atoms with Gasteiger partial charge in [-0.05, 0) is 30.3 Å². The van der Waals surface area contributed by atoms with Gasteiger partial charge in [0.1, 0.15) is 10.7 Å². The average molecular weight is 432 g/mol. The van der Waals surface area contributed by atoms with E-state index in [4.69, 9.17) is 4.74 Å². The zero-order valence-electron chi connectivity index (χ0n) is 15.6. The molecule has 0 aliphatic carbocycles. The highest BCUT2D eigenvalue weighted by Crippen LogP contribution is 2.29. The SMILES string of the molecule is O=[N+]([O-])c1ccc(-n2cnc(-c3ccc(F)cc3)c2)c(S(=O)(=O)N2CCOCC2)c1. The van der Waals surface area contributed by atoms with E-state index in [1.807, 2.05) is 0 Å². The van der Waals surface area contributed by atoms with Crippen molar-refractivity contribution in [2.24, 2.45) is 0 Å². The number of sulfonamides is 1. The number of halogens is 1. The predicted molar refractivity (Wildman–Crippen MR) is 105 cm³/mol. The summed E-state index contributed by atoms with van der Waals surface area (Å²) in [4.78, 5) is 14.7. The van der Waals surface area contributed by atoms with Crippen molar-refractivity contribution in [2.45, 2.75) is 4.90 Å². The van der Waals surface area contributed by atoms with Crippen LogP contribution in [0.15, 0.2) is 59.9 Å². The van der Waals surface area contributed by atoms with Crippen LogP contribution < -0.4 is 0 Å². The molecule has 11 heteroatoms. The summed E-state index contributed by atoms with van der Waals surface area (Å²) in [5.41, 5.74) is 1.05. The monoisotopic (exact) mass is 432 g/mol. The molecule has 0 radical (unpaired) electrons. The van der Waals surface area contributed by atoms with Crippen molar-refractivity contribution < 1.29 is 22.5 Å². The number of nitrogens with zero attached hydrogens (tertiary/aromatic N) is 4. The van der Waals surface area contributed by atoms with Crippen molar-refractivity contribution >= 4 is 15.7 Å². The molecule has 3 aromatic rings. The molecule has 0 unspecified atom stereocenters. The first kappa shape index (κ1) is 20.1. The first-order valence-electron chi connectivity index (χ1n) is 9.03. The van der Waals surface area contributed by atoms with Crippen molar-refractivity contribution in [2.75, 3.05) is 26.3 Å². The molecule has 4 rings (SSSR count). The molecule has 0 spiro atoms. The first-order valence-corrected chi connectivity index (χ1v) is 10.5. The van der Waals surface area contributed by atoms with Crippen molar-refractivity contribution in [3.8, 4) is 16.9 Å². The van der Waals surface area contributed by atoms with Gasteiger partial charge in [0.15, 0.2) is 0 Å². The second-order valence-electron chi connectivity index (χ2n) is 6.60. The third-order valence-electron chi connectivity index (χ3n) is 4.74. The third kappa shape index (κ3) is 3.82. The molecule has 2 heterocycles. The van der Waals surface area contributed by atoms with Gasteiger partial charge in [-0.2, -0.15) is 4.31 Å². The lowest BCUT2D eigenvalue weighted by atomic mass is 10.2. The molecule has 156 valence electrons. The molecular weight excluding hydrogens is 415 g/mol. The zero-order valence-corrected chi connectivity index (χ0v) is 16.5. The molecule has 0 atom stereocenters. The number of aromatic nitrogens is 2. The number of benzene rings is 2.